The smallest absolute Gasteiger partial charge is 0.269 e. The minimum absolute atomic E-state index is 0.00123. The number of furan rings is 1. The molecule has 1 aromatic heterocycles. The Balaban J connectivity index is 1.69. The number of nitrogens with zero attached hydrogens (tertiary/aromatic N) is 3. The van der Waals surface area contributed by atoms with Gasteiger partial charge in [0.25, 0.3) is 11.4 Å². The van der Waals surface area contributed by atoms with Crippen LogP contribution in [0, 0.1) is 27.2 Å². The molecule has 0 saturated carbocycles. The van der Waals surface area contributed by atoms with E-state index < -0.39 is 9.85 Å². The molecule has 9 nitrogen and oxygen atoms in total. The molecule has 0 unspecified atom stereocenters. The van der Waals surface area contributed by atoms with Gasteiger partial charge in [-0.25, -0.2) is 0 Å². The van der Waals surface area contributed by atoms with Gasteiger partial charge in [-0.3, -0.25) is 25.7 Å². The molecule has 0 radical (unpaired) electrons. The molecule has 9 heteroatoms. The Kier molecular flexibility index (Phi) is 4.93. The number of hydrogen-bond donors (Lipinski definition) is 1. The van der Waals surface area contributed by atoms with Gasteiger partial charge in [0.2, 0.25) is 0 Å². The van der Waals surface area contributed by atoms with Gasteiger partial charge in [-0.1, -0.05) is 0 Å². The standard InChI is InChI=1S/C18H14N4O5/c1-12-10-15(22(25)26)6-8-17(12)18-9-7-16(27-18)11-19-20-13-2-4-14(5-3-13)21(23)24/h2-11,20H,1H3/b19-11-. The maximum Gasteiger partial charge on any atom is 0.269 e. The van der Waals surface area contributed by atoms with Gasteiger partial charge in [0.05, 0.1) is 21.7 Å². The van der Waals surface area contributed by atoms with Crippen molar-refractivity contribution in [3.05, 3.63) is 86.1 Å². The molecular weight excluding hydrogens is 352 g/mol. The van der Waals surface area contributed by atoms with Crippen LogP contribution in [0.4, 0.5) is 17.1 Å². The molecule has 0 spiro atoms. The van der Waals surface area contributed by atoms with Crippen molar-refractivity contribution in [1.29, 1.82) is 0 Å². The van der Waals surface area contributed by atoms with E-state index in [1.807, 2.05) is 0 Å². The number of hydrogen-bond acceptors (Lipinski definition) is 7. The first-order valence-corrected chi connectivity index (χ1v) is 7.83. The van der Waals surface area contributed by atoms with Crippen molar-refractivity contribution in [2.75, 3.05) is 5.43 Å². The minimum atomic E-state index is -0.475. The number of aryl methyl sites for hydroxylation is 1. The zero-order valence-electron chi connectivity index (χ0n) is 14.2. The summed E-state index contributed by atoms with van der Waals surface area (Å²) in [7, 11) is 0. The number of anilines is 1. The van der Waals surface area contributed by atoms with Crippen LogP contribution in [0.25, 0.3) is 11.3 Å². The molecule has 0 aliphatic carbocycles. The Labute approximate surface area is 153 Å². The van der Waals surface area contributed by atoms with Crippen molar-refractivity contribution in [2.24, 2.45) is 5.10 Å². The Morgan fingerprint density at radius 1 is 0.963 bits per heavy atom. The molecule has 3 aromatic rings. The lowest BCUT2D eigenvalue weighted by Crippen LogP contribution is -1.91. The molecule has 0 saturated heterocycles. The molecule has 0 bridgehead atoms. The highest BCUT2D eigenvalue weighted by molar-refractivity contribution is 5.78. The molecule has 3 rings (SSSR count). The summed E-state index contributed by atoms with van der Waals surface area (Å²) < 4.78 is 5.69. The van der Waals surface area contributed by atoms with Gasteiger partial charge in [0, 0.05) is 29.8 Å². The van der Waals surface area contributed by atoms with Crippen LogP contribution in [-0.4, -0.2) is 16.1 Å². The number of hydrazone groups is 1. The zero-order valence-corrected chi connectivity index (χ0v) is 14.2. The third-order valence-corrected chi connectivity index (χ3v) is 3.78. The first-order chi connectivity index (χ1) is 12.9. The number of benzene rings is 2. The van der Waals surface area contributed by atoms with Crippen LogP contribution in [0.3, 0.4) is 0 Å². The predicted molar refractivity (Wildman–Crippen MR) is 99.8 cm³/mol. The molecule has 0 fully saturated rings. The van der Waals surface area contributed by atoms with Crippen molar-refractivity contribution in [3.63, 3.8) is 0 Å². The second-order valence-corrected chi connectivity index (χ2v) is 5.63. The zero-order chi connectivity index (χ0) is 19.4. The van der Waals surface area contributed by atoms with Gasteiger partial charge in [-0.05, 0) is 42.8 Å². The maximum absolute atomic E-state index is 10.8. The van der Waals surface area contributed by atoms with E-state index in [9.17, 15) is 20.2 Å². The second-order valence-electron chi connectivity index (χ2n) is 5.63. The summed E-state index contributed by atoms with van der Waals surface area (Å²) in [5.74, 6) is 1.05. The number of rotatable bonds is 6. The fraction of sp³-hybridized carbons (Fsp3) is 0.0556. The largest absolute Gasteiger partial charge is 0.455 e. The normalized spacial score (nSPS) is 10.9. The van der Waals surface area contributed by atoms with Crippen LogP contribution in [0.5, 0.6) is 0 Å². The van der Waals surface area contributed by atoms with E-state index in [4.69, 9.17) is 4.42 Å². The Hall–Kier alpha value is -4.01. The van der Waals surface area contributed by atoms with Crippen LogP contribution in [0.1, 0.15) is 11.3 Å². The maximum atomic E-state index is 10.8. The van der Waals surface area contributed by atoms with Crippen LogP contribution in [-0.2, 0) is 0 Å². The van der Waals surface area contributed by atoms with Crippen molar-refractivity contribution in [3.8, 4) is 11.3 Å². The lowest BCUT2D eigenvalue weighted by molar-refractivity contribution is -0.385. The topological polar surface area (TPSA) is 124 Å². The van der Waals surface area contributed by atoms with Gasteiger partial charge >= 0.3 is 0 Å². The molecule has 0 atom stereocenters. The minimum Gasteiger partial charge on any atom is -0.455 e. The van der Waals surface area contributed by atoms with E-state index in [1.165, 1.54) is 30.5 Å². The average molecular weight is 366 g/mol. The van der Waals surface area contributed by atoms with E-state index in [1.54, 1.807) is 37.3 Å². The Morgan fingerprint density at radius 2 is 1.63 bits per heavy atom. The molecule has 2 aromatic carbocycles. The van der Waals surface area contributed by atoms with Gasteiger partial charge in [-0.2, -0.15) is 5.10 Å². The summed E-state index contributed by atoms with van der Waals surface area (Å²) in [6.45, 7) is 1.77. The van der Waals surface area contributed by atoms with Gasteiger partial charge in [0.1, 0.15) is 11.5 Å². The number of nitro benzene ring substituents is 2. The summed E-state index contributed by atoms with van der Waals surface area (Å²) in [6, 6.07) is 13.9. The third kappa shape index (κ3) is 4.15. The SMILES string of the molecule is Cc1cc([N+](=O)[O-])ccc1-c1ccc(/C=N\Nc2ccc([N+](=O)[O-])cc2)o1. The Bertz CT molecular complexity index is 1020. The summed E-state index contributed by atoms with van der Waals surface area (Å²) >= 11 is 0. The lowest BCUT2D eigenvalue weighted by Gasteiger charge is -2.02. The molecular formula is C18H14N4O5. The highest BCUT2D eigenvalue weighted by Gasteiger charge is 2.12. The van der Waals surface area contributed by atoms with E-state index >= 15 is 0 Å². The summed E-state index contributed by atoms with van der Waals surface area (Å²) in [6.07, 6.45) is 1.46. The second kappa shape index (κ2) is 7.48. The number of nitrogens with one attached hydrogen (secondary N) is 1. The van der Waals surface area contributed by atoms with Crippen LogP contribution >= 0.6 is 0 Å². The van der Waals surface area contributed by atoms with Gasteiger partial charge < -0.3 is 4.42 Å². The van der Waals surface area contributed by atoms with Crippen molar-refractivity contribution in [1.82, 2.24) is 0 Å². The average Bonchev–Trinajstić information content (AvgIpc) is 3.10. The van der Waals surface area contributed by atoms with Crippen LogP contribution in [0.15, 0.2) is 64.1 Å². The highest BCUT2D eigenvalue weighted by atomic mass is 16.6. The summed E-state index contributed by atoms with van der Waals surface area (Å²) in [5.41, 5.74) is 4.85. The van der Waals surface area contributed by atoms with Crippen molar-refractivity contribution >= 4 is 23.3 Å². The molecule has 27 heavy (non-hydrogen) atoms. The van der Waals surface area contributed by atoms with Crippen molar-refractivity contribution < 1.29 is 14.3 Å². The molecule has 0 aliphatic heterocycles. The molecule has 0 amide bonds. The highest BCUT2D eigenvalue weighted by Crippen LogP contribution is 2.28. The van der Waals surface area contributed by atoms with E-state index in [2.05, 4.69) is 10.5 Å². The van der Waals surface area contributed by atoms with E-state index in [0.29, 0.717) is 17.2 Å². The fourth-order valence-corrected chi connectivity index (χ4v) is 2.43. The monoisotopic (exact) mass is 366 g/mol. The fourth-order valence-electron chi connectivity index (χ4n) is 2.43. The third-order valence-electron chi connectivity index (χ3n) is 3.78. The number of nitro groups is 2. The molecule has 1 heterocycles. The number of non-ortho nitro benzene ring substituents is 2. The summed E-state index contributed by atoms with van der Waals surface area (Å²) in [5, 5.41) is 25.5. The molecule has 136 valence electrons. The van der Waals surface area contributed by atoms with Gasteiger partial charge in [0.15, 0.2) is 0 Å². The van der Waals surface area contributed by atoms with Crippen molar-refractivity contribution in [2.45, 2.75) is 6.92 Å². The van der Waals surface area contributed by atoms with Crippen LogP contribution in [0.2, 0.25) is 0 Å². The molecule has 0 aliphatic rings. The molecule has 1 N–H and O–H groups in total. The lowest BCUT2D eigenvalue weighted by atomic mass is 10.1. The van der Waals surface area contributed by atoms with E-state index in [-0.39, 0.29) is 11.4 Å². The van der Waals surface area contributed by atoms with Crippen LogP contribution < -0.4 is 5.43 Å². The quantitative estimate of drug-likeness (QED) is 0.388. The first-order valence-electron chi connectivity index (χ1n) is 7.83. The predicted octanol–water partition coefficient (Wildman–Crippen LogP) is 4.52. The van der Waals surface area contributed by atoms with Gasteiger partial charge in [-0.15, -0.1) is 0 Å². The first kappa shape index (κ1) is 17.8. The Morgan fingerprint density at radius 3 is 2.26 bits per heavy atom. The summed E-state index contributed by atoms with van der Waals surface area (Å²) in [4.78, 5) is 20.5. The van der Waals surface area contributed by atoms with E-state index in [0.717, 1.165) is 11.1 Å².